The smallest absolute Gasteiger partial charge is 0.359 e. The van der Waals surface area contributed by atoms with Crippen LogP contribution in [0.5, 0.6) is 0 Å². The second-order valence-electron chi connectivity index (χ2n) is 5.58. The number of nitrogens with zero attached hydrogens (tertiary/aromatic N) is 3. The van der Waals surface area contributed by atoms with Gasteiger partial charge in [-0.15, -0.1) is 0 Å². The Labute approximate surface area is 139 Å². The monoisotopic (exact) mass is 323 g/mol. The molecule has 1 aliphatic carbocycles. The lowest BCUT2D eigenvalue weighted by atomic mass is 9.94. The largest absolute Gasteiger partial charge is 0.461 e. The number of ether oxygens (including phenoxy) is 1. The maximum absolute atomic E-state index is 12.3. The summed E-state index contributed by atoms with van der Waals surface area (Å²) in [5, 5.41) is 13.1. The molecule has 0 bridgehead atoms. The van der Waals surface area contributed by atoms with Crippen LogP contribution < -0.4 is 0 Å². The van der Waals surface area contributed by atoms with Crippen LogP contribution in [0.25, 0.3) is 5.69 Å². The van der Waals surface area contributed by atoms with Crippen molar-refractivity contribution in [2.24, 2.45) is 0 Å². The fourth-order valence-electron chi connectivity index (χ4n) is 2.92. The maximum Gasteiger partial charge on any atom is 0.359 e. The summed E-state index contributed by atoms with van der Waals surface area (Å²) in [5.74, 6) is -0.629. The second kappa shape index (κ2) is 6.67. The van der Waals surface area contributed by atoms with E-state index in [0.717, 1.165) is 23.4 Å². The highest BCUT2D eigenvalue weighted by atomic mass is 16.5. The molecular weight excluding hydrogens is 306 g/mol. The first-order chi connectivity index (χ1) is 11.7. The van der Waals surface area contributed by atoms with Crippen molar-refractivity contribution in [1.29, 1.82) is 5.26 Å². The minimum Gasteiger partial charge on any atom is -0.461 e. The van der Waals surface area contributed by atoms with Gasteiger partial charge in [0.25, 0.3) is 0 Å². The third-order valence-electron chi connectivity index (χ3n) is 4.01. The van der Waals surface area contributed by atoms with Gasteiger partial charge in [-0.1, -0.05) is 12.1 Å². The summed E-state index contributed by atoms with van der Waals surface area (Å²) in [5.41, 5.74) is 2.91. The molecule has 24 heavy (non-hydrogen) atoms. The van der Waals surface area contributed by atoms with E-state index in [0.29, 0.717) is 24.8 Å². The number of hydrogen-bond acceptors (Lipinski definition) is 5. The Balaban J connectivity index is 2.08. The maximum atomic E-state index is 12.3. The van der Waals surface area contributed by atoms with Gasteiger partial charge in [-0.2, -0.15) is 10.4 Å². The van der Waals surface area contributed by atoms with Crippen molar-refractivity contribution in [3.63, 3.8) is 0 Å². The lowest BCUT2D eigenvalue weighted by Gasteiger charge is -2.13. The average molecular weight is 323 g/mol. The Hall–Kier alpha value is -2.94. The molecule has 0 radical (unpaired) electrons. The summed E-state index contributed by atoms with van der Waals surface area (Å²) in [6.07, 6.45) is 2.19. The fourth-order valence-corrected chi connectivity index (χ4v) is 2.92. The summed E-state index contributed by atoms with van der Waals surface area (Å²) in [6, 6.07) is 9.48. The average Bonchev–Trinajstić information content (AvgIpc) is 2.97. The molecule has 0 spiro atoms. The summed E-state index contributed by atoms with van der Waals surface area (Å²) in [4.78, 5) is 24.5. The molecule has 1 aromatic carbocycles. The van der Waals surface area contributed by atoms with Crippen LogP contribution >= 0.6 is 0 Å². The van der Waals surface area contributed by atoms with Gasteiger partial charge in [0, 0.05) is 6.42 Å². The van der Waals surface area contributed by atoms with Crippen LogP contribution in [0.15, 0.2) is 24.3 Å². The number of rotatable bonds is 4. The standard InChI is InChI=1S/C18H17N3O3/c1-2-24-18(23)17-16-14(4-3-5-15(16)22)21(20-17)13-8-6-12(7-9-13)10-11-19/h6-9H,2-5,10H2,1H3. The van der Waals surface area contributed by atoms with E-state index >= 15 is 0 Å². The highest BCUT2D eigenvalue weighted by Gasteiger charge is 2.31. The Morgan fingerprint density at radius 2 is 2.08 bits per heavy atom. The number of carbonyl (C=O) groups is 2. The van der Waals surface area contributed by atoms with E-state index in [4.69, 9.17) is 10.00 Å². The van der Waals surface area contributed by atoms with E-state index in [1.54, 1.807) is 11.6 Å². The third-order valence-corrected chi connectivity index (χ3v) is 4.01. The van der Waals surface area contributed by atoms with Crippen molar-refractivity contribution in [2.45, 2.75) is 32.6 Å². The summed E-state index contributed by atoms with van der Waals surface area (Å²) in [7, 11) is 0. The molecule has 2 aromatic rings. The molecule has 1 aromatic heterocycles. The van der Waals surface area contributed by atoms with Crippen LogP contribution in [0.3, 0.4) is 0 Å². The van der Waals surface area contributed by atoms with Gasteiger partial charge in [0.15, 0.2) is 11.5 Å². The van der Waals surface area contributed by atoms with Crippen LogP contribution in [0.2, 0.25) is 0 Å². The van der Waals surface area contributed by atoms with Gasteiger partial charge >= 0.3 is 5.97 Å². The lowest BCUT2D eigenvalue weighted by Crippen LogP contribution is -2.15. The van der Waals surface area contributed by atoms with E-state index in [9.17, 15) is 9.59 Å². The SMILES string of the molecule is CCOC(=O)c1nn(-c2ccc(CC#N)cc2)c2c1C(=O)CCC2. The summed E-state index contributed by atoms with van der Waals surface area (Å²) < 4.78 is 6.69. The molecule has 1 heterocycles. The lowest BCUT2D eigenvalue weighted by molar-refractivity contribution is 0.0515. The van der Waals surface area contributed by atoms with Crippen molar-refractivity contribution in [2.75, 3.05) is 6.61 Å². The van der Waals surface area contributed by atoms with Crippen LogP contribution in [0.1, 0.15) is 51.9 Å². The van der Waals surface area contributed by atoms with E-state index < -0.39 is 5.97 Å². The highest BCUT2D eigenvalue weighted by Crippen LogP contribution is 2.27. The number of Topliss-reactive ketones (excluding diaryl/α,β-unsaturated/α-hetero) is 1. The quantitative estimate of drug-likeness (QED) is 0.807. The number of esters is 1. The van der Waals surface area contributed by atoms with Crippen LogP contribution in [0, 0.1) is 11.3 Å². The molecule has 0 fully saturated rings. The van der Waals surface area contributed by atoms with Crippen molar-refractivity contribution in [3.8, 4) is 11.8 Å². The van der Waals surface area contributed by atoms with Crippen molar-refractivity contribution >= 4 is 11.8 Å². The third kappa shape index (κ3) is 2.81. The van der Waals surface area contributed by atoms with Crippen LogP contribution in [0.4, 0.5) is 0 Å². The number of carbonyl (C=O) groups excluding carboxylic acids is 2. The molecule has 0 saturated heterocycles. The molecule has 0 saturated carbocycles. The van der Waals surface area contributed by atoms with Crippen molar-refractivity contribution in [1.82, 2.24) is 9.78 Å². The highest BCUT2D eigenvalue weighted by molar-refractivity contribution is 6.07. The summed E-state index contributed by atoms with van der Waals surface area (Å²) in [6.45, 7) is 1.95. The first kappa shape index (κ1) is 15.9. The Kier molecular flexibility index (Phi) is 4.43. The minimum atomic E-state index is -0.566. The zero-order chi connectivity index (χ0) is 17.1. The molecule has 0 N–H and O–H groups in total. The van der Waals surface area contributed by atoms with Gasteiger partial charge in [-0.3, -0.25) is 4.79 Å². The molecular formula is C18H17N3O3. The topological polar surface area (TPSA) is 85.0 Å². The Bertz CT molecular complexity index is 828. The molecule has 6 heteroatoms. The number of ketones is 1. The fraction of sp³-hybridized carbons (Fsp3) is 0.333. The van der Waals surface area contributed by atoms with Gasteiger partial charge in [-0.05, 0) is 37.5 Å². The van der Waals surface area contributed by atoms with Gasteiger partial charge in [0.05, 0.1) is 36.0 Å². The second-order valence-corrected chi connectivity index (χ2v) is 5.58. The van der Waals surface area contributed by atoms with E-state index in [1.807, 2.05) is 24.3 Å². The molecule has 1 aliphatic rings. The first-order valence-corrected chi connectivity index (χ1v) is 7.94. The number of hydrogen-bond donors (Lipinski definition) is 0. The van der Waals surface area contributed by atoms with Gasteiger partial charge in [-0.25, -0.2) is 9.48 Å². The molecule has 6 nitrogen and oxygen atoms in total. The van der Waals surface area contributed by atoms with Gasteiger partial charge in [0.1, 0.15) is 0 Å². The number of nitriles is 1. The Morgan fingerprint density at radius 1 is 1.33 bits per heavy atom. The predicted octanol–water partition coefficient (Wildman–Crippen LogP) is 2.63. The summed E-state index contributed by atoms with van der Waals surface area (Å²) >= 11 is 0. The van der Waals surface area contributed by atoms with E-state index in [2.05, 4.69) is 11.2 Å². The van der Waals surface area contributed by atoms with Crippen molar-refractivity contribution < 1.29 is 14.3 Å². The van der Waals surface area contributed by atoms with Gasteiger partial charge in [0.2, 0.25) is 0 Å². The minimum absolute atomic E-state index is 0.0633. The first-order valence-electron chi connectivity index (χ1n) is 7.94. The normalized spacial score (nSPS) is 13.2. The zero-order valence-corrected chi connectivity index (χ0v) is 13.4. The van der Waals surface area contributed by atoms with E-state index in [-0.39, 0.29) is 18.1 Å². The van der Waals surface area contributed by atoms with Gasteiger partial charge < -0.3 is 4.74 Å². The molecule has 3 rings (SSSR count). The molecule has 0 amide bonds. The molecule has 0 aliphatic heterocycles. The van der Waals surface area contributed by atoms with Crippen molar-refractivity contribution in [3.05, 3.63) is 46.8 Å². The van der Waals surface area contributed by atoms with Crippen LogP contribution in [-0.4, -0.2) is 28.1 Å². The molecule has 0 atom stereocenters. The predicted molar refractivity (Wildman–Crippen MR) is 86.1 cm³/mol. The van der Waals surface area contributed by atoms with Crippen LogP contribution in [-0.2, 0) is 17.6 Å². The molecule has 122 valence electrons. The van der Waals surface area contributed by atoms with E-state index in [1.165, 1.54) is 0 Å². The zero-order valence-electron chi connectivity index (χ0n) is 13.4. The number of aromatic nitrogens is 2. The number of benzene rings is 1. The molecule has 0 unspecified atom stereocenters. The Morgan fingerprint density at radius 3 is 2.75 bits per heavy atom. The number of fused-ring (bicyclic) bond motifs is 1.